The highest BCUT2D eigenvalue weighted by Crippen LogP contribution is 2.16. The summed E-state index contributed by atoms with van der Waals surface area (Å²) in [5.41, 5.74) is 1.09. The maximum absolute atomic E-state index is 11.7. The molecule has 0 saturated heterocycles. The van der Waals surface area contributed by atoms with Crippen LogP contribution in [0.25, 0.3) is 5.52 Å². The van der Waals surface area contributed by atoms with Crippen molar-refractivity contribution >= 4 is 35.0 Å². The van der Waals surface area contributed by atoms with Crippen LogP contribution in [0.3, 0.4) is 0 Å². The number of rotatable bonds is 6. The summed E-state index contributed by atoms with van der Waals surface area (Å²) >= 11 is 1.45. The monoisotopic (exact) mass is 294 g/mol. The molecule has 7 nitrogen and oxygen atoms in total. The van der Waals surface area contributed by atoms with E-state index in [9.17, 15) is 9.59 Å². The van der Waals surface area contributed by atoms with E-state index in [2.05, 4.69) is 15.1 Å². The molecule has 2 aromatic heterocycles. The van der Waals surface area contributed by atoms with Crippen molar-refractivity contribution in [1.29, 1.82) is 0 Å². The molecule has 2 aromatic rings. The molecule has 1 amide bonds. The Bertz CT molecular complexity index is 641. The molecule has 0 saturated carbocycles. The normalized spacial score (nSPS) is 10.7. The third kappa shape index (κ3) is 3.28. The van der Waals surface area contributed by atoms with E-state index < -0.39 is 5.97 Å². The number of fused-ring (bicyclic) bond motifs is 1. The molecule has 0 unspecified atom stereocenters. The summed E-state index contributed by atoms with van der Waals surface area (Å²) in [6.07, 6.45) is 5.12. The average Bonchev–Trinajstić information content (AvgIpc) is 2.82. The largest absolute Gasteiger partial charge is 0.478 e. The molecule has 2 heterocycles. The van der Waals surface area contributed by atoms with Crippen LogP contribution in [0.4, 0.5) is 5.69 Å². The Labute approximate surface area is 119 Å². The van der Waals surface area contributed by atoms with E-state index in [-0.39, 0.29) is 11.5 Å². The van der Waals surface area contributed by atoms with Gasteiger partial charge in [0.15, 0.2) is 0 Å². The van der Waals surface area contributed by atoms with E-state index in [1.165, 1.54) is 22.7 Å². The second-order valence-electron chi connectivity index (χ2n) is 4.01. The first kappa shape index (κ1) is 14.4. The van der Waals surface area contributed by atoms with E-state index in [0.717, 1.165) is 0 Å². The van der Waals surface area contributed by atoms with Gasteiger partial charge in [-0.25, -0.2) is 9.31 Å². The van der Waals surface area contributed by atoms with Crippen molar-refractivity contribution in [1.82, 2.24) is 14.3 Å². The van der Waals surface area contributed by atoms with Gasteiger partial charge in [0.1, 0.15) is 5.56 Å². The topological polar surface area (TPSA) is 95.7 Å². The standard InChI is InChI=1S/C12H14N4O3S/c1-20-14-4-2-11(17)15-8-3-5-16-10(6-8)9(7-13-16)12(18)19/h3,5-7,14H,2,4H2,1H3,(H,15,17)(H,18,19). The Kier molecular flexibility index (Phi) is 4.59. The molecule has 8 heteroatoms. The third-order valence-corrected chi connectivity index (χ3v) is 3.13. The summed E-state index contributed by atoms with van der Waals surface area (Å²) in [6.45, 7) is 0.572. The predicted molar refractivity (Wildman–Crippen MR) is 76.9 cm³/mol. The number of amides is 1. The zero-order valence-electron chi connectivity index (χ0n) is 10.8. The summed E-state index contributed by atoms with van der Waals surface area (Å²) < 4.78 is 4.43. The SMILES string of the molecule is CSNCCC(=O)Nc1ccn2ncc(C(=O)O)c2c1. The van der Waals surface area contributed by atoms with Crippen LogP contribution in [0, 0.1) is 0 Å². The molecule has 0 spiro atoms. The number of carboxylic acid groups (broad SMARTS) is 1. The van der Waals surface area contributed by atoms with Crippen LogP contribution in [0.5, 0.6) is 0 Å². The number of hydrogen-bond donors (Lipinski definition) is 3. The second kappa shape index (κ2) is 6.40. The summed E-state index contributed by atoms with van der Waals surface area (Å²) in [7, 11) is 0. The van der Waals surface area contributed by atoms with Crippen molar-refractivity contribution < 1.29 is 14.7 Å². The molecular weight excluding hydrogens is 280 g/mol. The fraction of sp³-hybridized carbons (Fsp3) is 0.250. The molecule has 106 valence electrons. The number of hydrogen-bond acceptors (Lipinski definition) is 5. The quantitative estimate of drug-likeness (QED) is 0.548. The van der Waals surface area contributed by atoms with Crippen molar-refractivity contribution in [3.63, 3.8) is 0 Å². The van der Waals surface area contributed by atoms with Crippen molar-refractivity contribution in [3.05, 3.63) is 30.1 Å². The number of pyridine rings is 1. The lowest BCUT2D eigenvalue weighted by atomic mass is 10.2. The van der Waals surface area contributed by atoms with E-state index >= 15 is 0 Å². The van der Waals surface area contributed by atoms with Gasteiger partial charge in [0, 0.05) is 24.8 Å². The van der Waals surface area contributed by atoms with Crippen molar-refractivity contribution in [3.8, 4) is 0 Å². The van der Waals surface area contributed by atoms with Crippen LogP contribution in [0.1, 0.15) is 16.8 Å². The van der Waals surface area contributed by atoms with Gasteiger partial charge < -0.3 is 10.4 Å². The second-order valence-corrected chi connectivity index (χ2v) is 4.70. The van der Waals surface area contributed by atoms with Gasteiger partial charge in [-0.3, -0.25) is 9.52 Å². The minimum absolute atomic E-state index is 0.102. The molecule has 2 rings (SSSR count). The Hall–Kier alpha value is -2.06. The van der Waals surface area contributed by atoms with Gasteiger partial charge in [-0.2, -0.15) is 5.10 Å². The molecule has 3 N–H and O–H groups in total. The van der Waals surface area contributed by atoms with Crippen LogP contribution >= 0.6 is 11.9 Å². The number of carbonyl (C=O) groups excluding carboxylic acids is 1. The Balaban J connectivity index is 2.12. The van der Waals surface area contributed by atoms with E-state index in [1.54, 1.807) is 18.3 Å². The van der Waals surface area contributed by atoms with Gasteiger partial charge in [0.2, 0.25) is 5.91 Å². The number of nitrogens with zero attached hydrogens (tertiary/aromatic N) is 2. The number of carboxylic acids is 1. The molecular formula is C12H14N4O3S. The van der Waals surface area contributed by atoms with E-state index in [0.29, 0.717) is 24.2 Å². The summed E-state index contributed by atoms with van der Waals surface area (Å²) in [5.74, 6) is -1.18. The molecule has 0 radical (unpaired) electrons. The minimum atomic E-state index is -1.05. The summed E-state index contributed by atoms with van der Waals surface area (Å²) in [5, 5.41) is 15.7. The molecule has 0 aromatic carbocycles. The number of aromatic nitrogens is 2. The predicted octanol–water partition coefficient (Wildman–Crippen LogP) is 1.23. The average molecular weight is 294 g/mol. The maximum atomic E-state index is 11.7. The van der Waals surface area contributed by atoms with Crippen LogP contribution in [0.15, 0.2) is 24.5 Å². The number of aromatic carboxylic acids is 1. The lowest BCUT2D eigenvalue weighted by molar-refractivity contribution is -0.116. The van der Waals surface area contributed by atoms with Gasteiger partial charge in [-0.15, -0.1) is 0 Å². The summed E-state index contributed by atoms with van der Waals surface area (Å²) in [6, 6.07) is 3.27. The first-order valence-electron chi connectivity index (χ1n) is 5.88. The summed E-state index contributed by atoms with van der Waals surface area (Å²) in [4.78, 5) is 22.7. The first-order chi connectivity index (χ1) is 9.61. The highest BCUT2D eigenvalue weighted by Gasteiger charge is 2.12. The zero-order valence-corrected chi connectivity index (χ0v) is 11.6. The Morgan fingerprint density at radius 1 is 1.50 bits per heavy atom. The molecule has 0 aliphatic rings. The fourth-order valence-corrected chi connectivity index (χ4v) is 2.02. The highest BCUT2D eigenvalue weighted by atomic mass is 32.2. The van der Waals surface area contributed by atoms with Crippen LogP contribution in [-0.2, 0) is 4.79 Å². The number of nitrogens with one attached hydrogen (secondary N) is 2. The minimum Gasteiger partial charge on any atom is -0.478 e. The third-order valence-electron chi connectivity index (χ3n) is 2.63. The highest BCUT2D eigenvalue weighted by molar-refractivity contribution is 7.96. The van der Waals surface area contributed by atoms with Crippen molar-refractivity contribution in [2.45, 2.75) is 6.42 Å². The zero-order chi connectivity index (χ0) is 14.5. The molecule has 0 bridgehead atoms. The molecule has 20 heavy (non-hydrogen) atoms. The van der Waals surface area contributed by atoms with Gasteiger partial charge in [-0.1, -0.05) is 11.9 Å². The van der Waals surface area contributed by atoms with Gasteiger partial charge >= 0.3 is 5.97 Å². The Morgan fingerprint density at radius 2 is 2.30 bits per heavy atom. The van der Waals surface area contributed by atoms with Crippen LogP contribution in [-0.4, -0.2) is 39.4 Å². The lowest BCUT2D eigenvalue weighted by Gasteiger charge is -2.06. The molecule has 0 aliphatic carbocycles. The number of carbonyl (C=O) groups is 2. The van der Waals surface area contributed by atoms with Gasteiger partial charge in [0.05, 0.1) is 11.7 Å². The van der Waals surface area contributed by atoms with Crippen molar-refractivity contribution in [2.24, 2.45) is 0 Å². The fourth-order valence-electron chi connectivity index (χ4n) is 1.71. The molecule has 0 atom stereocenters. The van der Waals surface area contributed by atoms with Crippen LogP contribution < -0.4 is 10.0 Å². The number of anilines is 1. The Morgan fingerprint density at radius 3 is 3.00 bits per heavy atom. The van der Waals surface area contributed by atoms with Gasteiger partial charge in [0.25, 0.3) is 0 Å². The molecule has 0 fully saturated rings. The lowest BCUT2D eigenvalue weighted by Crippen LogP contribution is -2.17. The van der Waals surface area contributed by atoms with Crippen LogP contribution in [0.2, 0.25) is 0 Å². The van der Waals surface area contributed by atoms with E-state index in [1.807, 2.05) is 6.26 Å². The maximum Gasteiger partial charge on any atom is 0.339 e. The van der Waals surface area contributed by atoms with Gasteiger partial charge in [-0.05, 0) is 18.4 Å². The smallest absolute Gasteiger partial charge is 0.339 e. The van der Waals surface area contributed by atoms with E-state index in [4.69, 9.17) is 5.11 Å². The first-order valence-corrected chi connectivity index (χ1v) is 7.10. The van der Waals surface area contributed by atoms with Crippen molar-refractivity contribution in [2.75, 3.05) is 18.1 Å². The molecule has 0 aliphatic heterocycles.